The molecule has 182 valence electrons. The molecular weight excluding hydrogens is 468 g/mol. The first kappa shape index (κ1) is 24.1. The Morgan fingerprint density at radius 1 is 1.17 bits per heavy atom. The smallest absolute Gasteiger partial charge is 0.344 e. The molecule has 1 atom stereocenters. The SMILES string of the molecule is COc1cc(C=Nn2c(-c3ccccc3)nc3ccccc3c2=O)cc([N+](=O)[O-])c1O[C@H](C)C(=O)O. The summed E-state index contributed by atoms with van der Waals surface area (Å²) in [7, 11) is 1.27. The number of nitro groups is 1. The van der Waals surface area contributed by atoms with Crippen molar-refractivity contribution in [1.29, 1.82) is 0 Å². The number of hydrogen-bond acceptors (Lipinski definition) is 8. The van der Waals surface area contributed by atoms with Gasteiger partial charge >= 0.3 is 11.7 Å². The normalized spacial score (nSPS) is 11.9. The second-order valence-electron chi connectivity index (χ2n) is 7.61. The first-order valence-corrected chi connectivity index (χ1v) is 10.7. The van der Waals surface area contributed by atoms with Crippen molar-refractivity contribution in [1.82, 2.24) is 9.66 Å². The summed E-state index contributed by atoms with van der Waals surface area (Å²) in [6, 6.07) is 18.4. The van der Waals surface area contributed by atoms with E-state index >= 15 is 0 Å². The highest BCUT2D eigenvalue weighted by atomic mass is 16.6. The molecule has 11 heteroatoms. The number of aliphatic carboxylic acids is 1. The molecule has 1 N–H and O–H groups in total. The number of carboxylic acids is 1. The van der Waals surface area contributed by atoms with Gasteiger partial charge in [0.2, 0.25) is 5.75 Å². The molecule has 0 bridgehead atoms. The van der Waals surface area contributed by atoms with E-state index in [9.17, 15) is 19.7 Å². The fourth-order valence-corrected chi connectivity index (χ4v) is 3.44. The number of nitrogens with zero attached hydrogens (tertiary/aromatic N) is 4. The number of hydrogen-bond donors (Lipinski definition) is 1. The van der Waals surface area contributed by atoms with Crippen LogP contribution in [0.3, 0.4) is 0 Å². The van der Waals surface area contributed by atoms with Gasteiger partial charge in [0, 0.05) is 17.2 Å². The van der Waals surface area contributed by atoms with Crippen molar-refractivity contribution in [3.63, 3.8) is 0 Å². The molecule has 3 aromatic carbocycles. The van der Waals surface area contributed by atoms with Gasteiger partial charge in [0.1, 0.15) is 0 Å². The minimum absolute atomic E-state index is 0.0639. The number of rotatable bonds is 8. The number of aromatic nitrogens is 2. The Hall–Kier alpha value is -5.06. The predicted molar refractivity (Wildman–Crippen MR) is 132 cm³/mol. The Balaban J connectivity index is 1.86. The lowest BCUT2D eigenvalue weighted by Gasteiger charge is -2.14. The van der Waals surface area contributed by atoms with E-state index in [0.717, 1.165) is 10.7 Å². The number of ether oxygens (including phenoxy) is 2. The van der Waals surface area contributed by atoms with Gasteiger partial charge in [-0.25, -0.2) is 9.78 Å². The molecule has 1 heterocycles. The minimum Gasteiger partial charge on any atom is -0.493 e. The summed E-state index contributed by atoms with van der Waals surface area (Å²) in [5.41, 5.74) is 0.420. The predicted octanol–water partition coefficient (Wildman–Crippen LogP) is 3.71. The molecule has 0 spiro atoms. The van der Waals surface area contributed by atoms with Crippen molar-refractivity contribution in [2.24, 2.45) is 5.10 Å². The maximum atomic E-state index is 13.3. The van der Waals surface area contributed by atoms with Crippen molar-refractivity contribution >= 4 is 28.8 Å². The molecule has 11 nitrogen and oxygen atoms in total. The van der Waals surface area contributed by atoms with Crippen molar-refractivity contribution < 1.29 is 24.3 Å². The first-order chi connectivity index (χ1) is 17.3. The third-order valence-corrected chi connectivity index (χ3v) is 5.22. The molecule has 0 aliphatic rings. The van der Waals surface area contributed by atoms with Gasteiger partial charge in [0.15, 0.2) is 17.7 Å². The van der Waals surface area contributed by atoms with E-state index in [0.29, 0.717) is 16.5 Å². The average molecular weight is 488 g/mol. The molecule has 0 amide bonds. The number of fused-ring (bicyclic) bond motifs is 1. The van der Waals surface area contributed by atoms with E-state index < -0.39 is 28.2 Å². The number of nitro benzene ring substituents is 1. The molecular formula is C25H20N4O7. The standard InChI is InChI=1S/C25H20N4O7/c1-15(25(31)32)36-22-20(29(33)34)12-16(13-21(22)35-2)14-26-28-23(17-8-4-3-5-9-17)27-19-11-7-6-10-18(19)24(28)30/h3-15H,1-2H3,(H,31,32)/t15-/m1/s1. The number of benzene rings is 3. The maximum absolute atomic E-state index is 13.3. The Bertz CT molecular complexity index is 1550. The number of para-hydroxylation sites is 1. The number of methoxy groups -OCH3 is 1. The topological polar surface area (TPSA) is 146 Å². The van der Waals surface area contributed by atoms with Crippen LogP contribution in [0.15, 0.2) is 76.6 Å². The minimum atomic E-state index is -1.35. The lowest BCUT2D eigenvalue weighted by Crippen LogP contribution is -2.23. The maximum Gasteiger partial charge on any atom is 0.344 e. The summed E-state index contributed by atoms with van der Waals surface area (Å²) >= 11 is 0. The summed E-state index contributed by atoms with van der Waals surface area (Å²) in [6.45, 7) is 1.24. The summed E-state index contributed by atoms with van der Waals surface area (Å²) in [6.07, 6.45) is -0.0997. The van der Waals surface area contributed by atoms with Crippen LogP contribution in [0.25, 0.3) is 22.3 Å². The van der Waals surface area contributed by atoms with Crippen LogP contribution in [-0.4, -0.2) is 45.1 Å². The fourth-order valence-electron chi connectivity index (χ4n) is 3.44. The van der Waals surface area contributed by atoms with Crippen LogP contribution < -0.4 is 15.0 Å². The van der Waals surface area contributed by atoms with Gasteiger partial charge in [0.25, 0.3) is 5.56 Å². The molecule has 0 saturated heterocycles. The first-order valence-electron chi connectivity index (χ1n) is 10.7. The van der Waals surface area contributed by atoms with Gasteiger partial charge < -0.3 is 14.6 Å². The second-order valence-corrected chi connectivity index (χ2v) is 7.61. The van der Waals surface area contributed by atoms with Gasteiger partial charge in [-0.1, -0.05) is 42.5 Å². The quantitative estimate of drug-likeness (QED) is 0.224. The molecule has 0 aliphatic carbocycles. The van der Waals surface area contributed by atoms with Crippen molar-refractivity contribution in [3.05, 3.63) is 92.8 Å². The van der Waals surface area contributed by atoms with Crippen LogP contribution in [0.2, 0.25) is 0 Å². The molecule has 0 fully saturated rings. The number of carboxylic acid groups (broad SMARTS) is 1. The van der Waals surface area contributed by atoms with E-state index in [1.54, 1.807) is 48.5 Å². The van der Waals surface area contributed by atoms with Crippen LogP contribution in [-0.2, 0) is 4.79 Å². The molecule has 4 rings (SSSR count). The van der Waals surface area contributed by atoms with Crippen LogP contribution >= 0.6 is 0 Å². The Kier molecular flexibility index (Phi) is 6.72. The van der Waals surface area contributed by atoms with E-state index in [4.69, 9.17) is 14.6 Å². The summed E-state index contributed by atoms with van der Waals surface area (Å²) < 4.78 is 11.6. The van der Waals surface area contributed by atoms with Crippen molar-refractivity contribution in [3.8, 4) is 22.9 Å². The third kappa shape index (κ3) is 4.75. The third-order valence-electron chi connectivity index (χ3n) is 5.22. The summed E-state index contributed by atoms with van der Waals surface area (Å²) in [4.78, 5) is 40.1. The lowest BCUT2D eigenvalue weighted by molar-refractivity contribution is -0.386. The molecule has 0 aliphatic heterocycles. The van der Waals surface area contributed by atoms with Crippen LogP contribution in [0.1, 0.15) is 12.5 Å². The van der Waals surface area contributed by atoms with Crippen LogP contribution in [0, 0.1) is 10.1 Å². The van der Waals surface area contributed by atoms with Gasteiger partial charge in [-0.05, 0) is 25.1 Å². The van der Waals surface area contributed by atoms with E-state index in [2.05, 4.69) is 10.1 Å². The van der Waals surface area contributed by atoms with Crippen LogP contribution in [0.5, 0.6) is 11.5 Å². The van der Waals surface area contributed by atoms with Crippen LogP contribution in [0.4, 0.5) is 5.69 Å². The van der Waals surface area contributed by atoms with Gasteiger partial charge in [-0.2, -0.15) is 9.78 Å². The summed E-state index contributed by atoms with van der Waals surface area (Å²) in [5, 5.41) is 25.5. The molecule has 0 saturated carbocycles. The Morgan fingerprint density at radius 2 is 1.86 bits per heavy atom. The van der Waals surface area contributed by atoms with Crippen molar-refractivity contribution in [2.45, 2.75) is 13.0 Å². The zero-order valence-corrected chi connectivity index (χ0v) is 19.2. The fraction of sp³-hybridized carbons (Fsp3) is 0.120. The van der Waals surface area contributed by atoms with E-state index in [-0.39, 0.29) is 22.9 Å². The molecule has 36 heavy (non-hydrogen) atoms. The highest BCUT2D eigenvalue weighted by molar-refractivity contribution is 5.84. The highest BCUT2D eigenvalue weighted by Gasteiger charge is 2.26. The Morgan fingerprint density at radius 3 is 2.53 bits per heavy atom. The second kappa shape index (κ2) is 10.1. The molecule has 0 unspecified atom stereocenters. The lowest BCUT2D eigenvalue weighted by atomic mass is 10.1. The van der Waals surface area contributed by atoms with Gasteiger partial charge in [-0.3, -0.25) is 14.9 Å². The number of carbonyl (C=O) groups is 1. The molecule has 1 aromatic heterocycles. The van der Waals surface area contributed by atoms with E-state index in [1.807, 2.05) is 6.07 Å². The molecule has 0 radical (unpaired) electrons. The largest absolute Gasteiger partial charge is 0.493 e. The van der Waals surface area contributed by atoms with Gasteiger partial charge in [-0.15, -0.1) is 0 Å². The monoisotopic (exact) mass is 488 g/mol. The van der Waals surface area contributed by atoms with Crippen molar-refractivity contribution in [2.75, 3.05) is 7.11 Å². The Labute approximate surface area is 204 Å². The highest BCUT2D eigenvalue weighted by Crippen LogP contribution is 2.38. The summed E-state index contributed by atoms with van der Waals surface area (Å²) in [5.74, 6) is -1.41. The van der Waals surface area contributed by atoms with E-state index in [1.165, 1.54) is 26.3 Å². The molecule has 4 aromatic rings. The zero-order valence-electron chi connectivity index (χ0n) is 19.2. The average Bonchev–Trinajstić information content (AvgIpc) is 2.88. The zero-order chi connectivity index (χ0) is 25.8. The van der Waals surface area contributed by atoms with Gasteiger partial charge in [0.05, 0.1) is 29.2 Å².